The first-order chi connectivity index (χ1) is 12.1. The Kier molecular flexibility index (Phi) is 5.43. The van der Waals surface area contributed by atoms with Crippen LogP contribution in [0, 0.1) is 5.92 Å². The summed E-state index contributed by atoms with van der Waals surface area (Å²) in [5.74, 6) is -0.113. The normalized spacial score (nSPS) is 16.5. The van der Waals surface area contributed by atoms with Crippen molar-refractivity contribution in [1.82, 2.24) is 10.2 Å². The molecule has 1 aromatic heterocycles. The van der Waals surface area contributed by atoms with Crippen LogP contribution in [-0.2, 0) is 4.79 Å². The molecular weight excluding hydrogens is 340 g/mol. The molecule has 1 aromatic carbocycles. The third kappa shape index (κ3) is 4.04. The molecule has 0 bridgehead atoms. The molecule has 6 heteroatoms. The van der Waals surface area contributed by atoms with Gasteiger partial charge in [-0.15, -0.1) is 0 Å². The fourth-order valence-electron chi connectivity index (χ4n) is 3.15. The molecule has 1 fully saturated rings. The highest BCUT2D eigenvalue weighted by atomic mass is 35.5. The van der Waals surface area contributed by atoms with Crippen LogP contribution in [0.1, 0.15) is 41.7 Å². The number of nitrogens with zero attached hydrogens (tertiary/aromatic N) is 1. The molecule has 3 rings (SSSR count). The van der Waals surface area contributed by atoms with Crippen molar-refractivity contribution in [2.24, 2.45) is 5.92 Å². The molecule has 0 radical (unpaired) electrons. The van der Waals surface area contributed by atoms with Crippen molar-refractivity contribution in [2.75, 3.05) is 13.1 Å². The number of piperidine rings is 1. The van der Waals surface area contributed by atoms with Crippen LogP contribution in [-0.4, -0.2) is 29.8 Å². The highest BCUT2D eigenvalue weighted by molar-refractivity contribution is 6.31. The molecule has 1 saturated heterocycles. The number of hydrogen-bond acceptors (Lipinski definition) is 3. The van der Waals surface area contributed by atoms with Crippen LogP contribution in [0.2, 0.25) is 5.02 Å². The highest BCUT2D eigenvalue weighted by Crippen LogP contribution is 2.24. The van der Waals surface area contributed by atoms with E-state index in [4.69, 9.17) is 16.0 Å². The first kappa shape index (κ1) is 17.5. The fraction of sp³-hybridized carbons (Fsp3) is 0.368. The lowest BCUT2D eigenvalue weighted by Gasteiger charge is -2.31. The van der Waals surface area contributed by atoms with Crippen LogP contribution in [0.3, 0.4) is 0 Å². The Morgan fingerprint density at radius 2 is 1.96 bits per heavy atom. The zero-order chi connectivity index (χ0) is 17.8. The molecule has 1 N–H and O–H groups in total. The maximum absolute atomic E-state index is 12.5. The van der Waals surface area contributed by atoms with Crippen LogP contribution in [0.15, 0.2) is 47.3 Å². The Morgan fingerprint density at radius 1 is 1.24 bits per heavy atom. The summed E-state index contributed by atoms with van der Waals surface area (Å²) < 4.78 is 4.96. The zero-order valence-corrected chi connectivity index (χ0v) is 14.8. The minimum absolute atomic E-state index is 0.0165. The third-order valence-electron chi connectivity index (χ3n) is 4.65. The van der Waals surface area contributed by atoms with Crippen molar-refractivity contribution < 1.29 is 14.0 Å². The Morgan fingerprint density at radius 3 is 2.60 bits per heavy atom. The van der Waals surface area contributed by atoms with E-state index >= 15 is 0 Å². The molecule has 0 saturated carbocycles. The summed E-state index contributed by atoms with van der Waals surface area (Å²) in [6, 6.07) is 9.02. The Bertz CT molecular complexity index is 737. The number of benzene rings is 1. The van der Waals surface area contributed by atoms with Crippen LogP contribution >= 0.6 is 11.6 Å². The summed E-state index contributed by atoms with van der Waals surface area (Å²) in [5, 5.41) is 3.69. The second kappa shape index (κ2) is 7.74. The number of furan rings is 1. The predicted octanol–water partition coefficient (Wildman–Crippen LogP) is 3.66. The van der Waals surface area contributed by atoms with Gasteiger partial charge in [0, 0.05) is 24.0 Å². The lowest BCUT2D eigenvalue weighted by molar-refractivity contribution is -0.126. The maximum Gasteiger partial charge on any atom is 0.257 e. The van der Waals surface area contributed by atoms with Crippen LogP contribution in [0.4, 0.5) is 0 Å². The Labute approximate surface area is 151 Å². The lowest BCUT2D eigenvalue weighted by atomic mass is 9.95. The monoisotopic (exact) mass is 360 g/mol. The van der Waals surface area contributed by atoms with Crippen molar-refractivity contribution in [3.05, 3.63) is 59.0 Å². The van der Waals surface area contributed by atoms with Crippen LogP contribution in [0.5, 0.6) is 0 Å². The average molecular weight is 361 g/mol. The van der Waals surface area contributed by atoms with Gasteiger partial charge in [-0.25, -0.2) is 0 Å². The van der Waals surface area contributed by atoms with E-state index in [1.54, 1.807) is 11.0 Å². The van der Waals surface area contributed by atoms with Gasteiger partial charge in [0.25, 0.3) is 5.91 Å². The smallest absolute Gasteiger partial charge is 0.257 e. The largest absolute Gasteiger partial charge is 0.472 e. The van der Waals surface area contributed by atoms with Crippen molar-refractivity contribution in [2.45, 2.75) is 25.8 Å². The summed E-state index contributed by atoms with van der Waals surface area (Å²) in [6.45, 7) is 3.07. The number of carbonyl (C=O) groups excluding carboxylic acids is 2. The van der Waals surface area contributed by atoms with Gasteiger partial charge in [0.05, 0.1) is 17.9 Å². The summed E-state index contributed by atoms with van der Waals surface area (Å²) in [7, 11) is 0. The lowest BCUT2D eigenvalue weighted by Crippen LogP contribution is -2.43. The van der Waals surface area contributed by atoms with Crippen molar-refractivity contribution in [3.63, 3.8) is 0 Å². The van der Waals surface area contributed by atoms with Gasteiger partial charge in [-0.05, 0) is 37.5 Å². The van der Waals surface area contributed by atoms with E-state index in [2.05, 4.69) is 5.32 Å². The number of rotatable bonds is 4. The standard InChI is InChI=1S/C19H21ClN2O3/c1-13(16-4-2-3-5-17(16)20)21-18(23)14-6-9-22(10-7-14)19(24)15-8-11-25-12-15/h2-5,8,11-14H,6-7,9-10H2,1H3,(H,21,23). The summed E-state index contributed by atoms with van der Waals surface area (Å²) >= 11 is 6.19. The predicted molar refractivity (Wildman–Crippen MR) is 95.3 cm³/mol. The van der Waals surface area contributed by atoms with Gasteiger partial charge in [-0.3, -0.25) is 9.59 Å². The first-order valence-electron chi connectivity index (χ1n) is 8.42. The Balaban J connectivity index is 1.53. The second-order valence-electron chi connectivity index (χ2n) is 6.33. The second-order valence-corrected chi connectivity index (χ2v) is 6.74. The summed E-state index contributed by atoms with van der Waals surface area (Å²) in [5.41, 5.74) is 1.46. The molecule has 1 atom stereocenters. The van der Waals surface area contributed by atoms with Crippen LogP contribution in [0.25, 0.3) is 0 Å². The molecule has 2 aromatic rings. The maximum atomic E-state index is 12.5. The zero-order valence-electron chi connectivity index (χ0n) is 14.1. The molecule has 1 unspecified atom stereocenters. The molecule has 25 heavy (non-hydrogen) atoms. The van der Waals surface area contributed by atoms with Gasteiger partial charge in [0.1, 0.15) is 6.26 Å². The highest BCUT2D eigenvalue weighted by Gasteiger charge is 2.29. The SMILES string of the molecule is CC(NC(=O)C1CCN(C(=O)c2ccoc2)CC1)c1ccccc1Cl. The van der Waals surface area contributed by atoms with Gasteiger partial charge < -0.3 is 14.6 Å². The summed E-state index contributed by atoms with van der Waals surface area (Å²) in [6.07, 6.45) is 4.26. The number of carbonyl (C=O) groups is 2. The van der Waals surface area contributed by atoms with Crippen LogP contribution < -0.4 is 5.32 Å². The molecule has 1 aliphatic rings. The third-order valence-corrected chi connectivity index (χ3v) is 5.00. The van der Waals surface area contributed by atoms with Crippen molar-refractivity contribution in [1.29, 1.82) is 0 Å². The number of nitrogens with one attached hydrogen (secondary N) is 1. The number of halogens is 1. The van der Waals surface area contributed by atoms with Gasteiger partial charge in [-0.1, -0.05) is 29.8 Å². The average Bonchev–Trinajstić information content (AvgIpc) is 3.16. The van der Waals surface area contributed by atoms with Gasteiger partial charge in [0.2, 0.25) is 5.91 Å². The van der Waals surface area contributed by atoms with E-state index in [0.29, 0.717) is 36.5 Å². The number of hydrogen-bond donors (Lipinski definition) is 1. The number of amides is 2. The van der Waals surface area contributed by atoms with Gasteiger partial charge >= 0.3 is 0 Å². The molecule has 132 valence electrons. The minimum atomic E-state index is -0.146. The topological polar surface area (TPSA) is 62.6 Å². The van der Waals surface area contributed by atoms with E-state index < -0.39 is 0 Å². The van der Waals surface area contributed by atoms with E-state index in [-0.39, 0.29) is 23.8 Å². The van der Waals surface area contributed by atoms with E-state index in [9.17, 15) is 9.59 Å². The summed E-state index contributed by atoms with van der Waals surface area (Å²) in [4.78, 5) is 26.6. The first-order valence-corrected chi connectivity index (χ1v) is 8.80. The van der Waals surface area contributed by atoms with E-state index in [0.717, 1.165) is 5.56 Å². The van der Waals surface area contributed by atoms with Gasteiger partial charge in [0.15, 0.2) is 0 Å². The fourth-order valence-corrected chi connectivity index (χ4v) is 3.45. The molecule has 1 aliphatic heterocycles. The molecule has 0 spiro atoms. The molecule has 0 aliphatic carbocycles. The van der Waals surface area contributed by atoms with E-state index in [1.807, 2.05) is 31.2 Å². The van der Waals surface area contributed by atoms with Crippen molar-refractivity contribution in [3.8, 4) is 0 Å². The number of likely N-dealkylation sites (tertiary alicyclic amines) is 1. The van der Waals surface area contributed by atoms with E-state index in [1.165, 1.54) is 12.5 Å². The molecule has 5 nitrogen and oxygen atoms in total. The van der Waals surface area contributed by atoms with Gasteiger partial charge in [-0.2, -0.15) is 0 Å². The molecule has 2 heterocycles. The molecular formula is C19H21ClN2O3. The molecule has 2 amide bonds. The Hall–Kier alpha value is -2.27. The minimum Gasteiger partial charge on any atom is -0.472 e. The quantitative estimate of drug-likeness (QED) is 0.905. The van der Waals surface area contributed by atoms with Crippen molar-refractivity contribution >= 4 is 23.4 Å².